The predicted molar refractivity (Wildman–Crippen MR) is 82.3 cm³/mol. The van der Waals surface area contributed by atoms with Crippen molar-refractivity contribution in [3.05, 3.63) is 35.7 Å². The van der Waals surface area contributed by atoms with Gasteiger partial charge in [-0.1, -0.05) is 6.92 Å². The number of hydrogen-bond donors (Lipinski definition) is 1. The van der Waals surface area contributed by atoms with Crippen LogP contribution in [0.1, 0.15) is 24.5 Å². The van der Waals surface area contributed by atoms with E-state index in [4.69, 9.17) is 4.74 Å². The first-order chi connectivity index (χ1) is 9.67. The van der Waals surface area contributed by atoms with Gasteiger partial charge in [-0.3, -0.25) is 0 Å². The van der Waals surface area contributed by atoms with E-state index in [1.165, 1.54) is 0 Å². The molecule has 0 saturated heterocycles. The molecule has 1 aromatic carbocycles. The van der Waals surface area contributed by atoms with Crippen LogP contribution in [0.4, 0.5) is 5.82 Å². The van der Waals surface area contributed by atoms with E-state index in [1.54, 1.807) is 13.4 Å². The van der Waals surface area contributed by atoms with Gasteiger partial charge in [-0.25, -0.2) is 9.97 Å². The molecule has 4 nitrogen and oxygen atoms in total. The lowest BCUT2D eigenvalue weighted by Gasteiger charge is -2.13. The molecule has 0 aliphatic carbocycles. The predicted octanol–water partition coefficient (Wildman–Crippen LogP) is 3.59. The van der Waals surface area contributed by atoms with Gasteiger partial charge >= 0.3 is 0 Å². The van der Waals surface area contributed by atoms with Gasteiger partial charge in [-0.05, 0) is 44.0 Å². The molecule has 106 valence electrons. The highest BCUT2D eigenvalue weighted by molar-refractivity contribution is 5.71. The number of benzene rings is 1. The quantitative estimate of drug-likeness (QED) is 0.902. The fraction of sp³-hybridized carbons (Fsp3) is 0.375. The summed E-state index contributed by atoms with van der Waals surface area (Å²) in [6.45, 7) is 7.17. The minimum absolute atomic E-state index is 0.863. The third-order valence-electron chi connectivity index (χ3n) is 3.32. The molecule has 4 heteroatoms. The van der Waals surface area contributed by atoms with Crippen molar-refractivity contribution in [2.45, 2.75) is 27.2 Å². The number of aromatic nitrogens is 2. The van der Waals surface area contributed by atoms with E-state index < -0.39 is 0 Å². The number of nitrogens with zero attached hydrogens (tertiary/aromatic N) is 2. The van der Waals surface area contributed by atoms with Gasteiger partial charge < -0.3 is 10.1 Å². The Bertz CT molecular complexity index is 596. The van der Waals surface area contributed by atoms with Crippen molar-refractivity contribution in [3.8, 4) is 17.0 Å². The molecule has 0 amide bonds. The van der Waals surface area contributed by atoms with E-state index in [1.807, 2.05) is 18.2 Å². The fourth-order valence-corrected chi connectivity index (χ4v) is 2.17. The van der Waals surface area contributed by atoms with Crippen LogP contribution in [0, 0.1) is 13.8 Å². The van der Waals surface area contributed by atoms with Crippen LogP contribution in [0.5, 0.6) is 5.75 Å². The Morgan fingerprint density at radius 1 is 1.20 bits per heavy atom. The molecule has 0 aliphatic rings. The molecular weight excluding hydrogens is 250 g/mol. The maximum Gasteiger partial charge on any atom is 0.132 e. The summed E-state index contributed by atoms with van der Waals surface area (Å²) in [4.78, 5) is 8.76. The molecule has 0 atom stereocenters. The van der Waals surface area contributed by atoms with Crippen LogP contribution in [-0.4, -0.2) is 23.6 Å². The molecule has 20 heavy (non-hydrogen) atoms. The van der Waals surface area contributed by atoms with Crippen molar-refractivity contribution in [2.24, 2.45) is 0 Å². The van der Waals surface area contributed by atoms with Gasteiger partial charge in [0.05, 0.1) is 12.8 Å². The van der Waals surface area contributed by atoms with Crippen molar-refractivity contribution in [1.82, 2.24) is 9.97 Å². The van der Waals surface area contributed by atoms with Crippen LogP contribution >= 0.6 is 0 Å². The topological polar surface area (TPSA) is 47.0 Å². The molecule has 1 heterocycles. The van der Waals surface area contributed by atoms with Crippen LogP contribution in [0.3, 0.4) is 0 Å². The van der Waals surface area contributed by atoms with Crippen LogP contribution in [0.25, 0.3) is 11.3 Å². The van der Waals surface area contributed by atoms with E-state index in [-0.39, 0.29) is 0 Å². The summed E-state index contributed by atoms with van der Waals surface area (Å²) < 4.78 is 5.25. The van der Waals surface area contributed by atoms with E-state index in [0.717, 1.165) is 46.9 Å². The average molecular weight is 271 g/mol. The first-order valence-electron chi connectivity index (χ1n) is 6.87. The van der Waals surface area contributed by atoms with Crippen LogP contribution in [0.15, 0.2) is 24.5 Å². The summed E-state index contributed by atoms with van der Waals surface area (Å²) in [5.74, 6) is 1.77. The third kappa shape index (κ3) is 2.90. The lowest BCUT2D eigenvalue weighted by Crippen LogP contribution is -2.05. The Labute approximate surface area is 120 Å². The van der Waals surface area contributed by atoms with Crippen LogP contribution in [0.2, 0.25) is 0 Å². The Morgan fingerprint density at radius 2 is 2.00 bits per heavy atom. The molecule has 0 spiro atoms. The standard InChI is InChI=1S/C16H21N3O/c1-5-8-17-16-12(3)15(18-10-19-16)14-7-6-13(20-4)9-11(14)2/h6-7,9-10H,5,8H2,1-4H3,(H,17,18,19). The largest absolute Gasteiger partial charge is 0.497 e. The Balaban J connectivity index is 2.42. The van der Waals surface area contributed by atoms with Crippen molar-refractivity contribution in [1.29, 1.82) is 0 Å². The molecule has 0 unspecified atom stereocenters. The van der Waals surface area contributed by atoms with Gasteiger partial charge in [-0.2, -0.15) is 0 Å². The van der Waals surface area contributed by atoms with E-state index in [0.29, 0.717) is 0 Å². The van der Waals surface area contributed by atoms with Gasteiger partial charge in [0.15, 0.2) is 0 Å². The summed E-state index contributed by atoms with van der Waals surface area (Å²) >= 11 is 0. The summed E-state index contributed by atoms with van der Waals surface area (Å²) in [7, 11) is 1.68. The summed E-state index contributed by atoms with van der Waals surface area (Å²) in [6, 6.07) is 6.03. The van der Waals surface area contributed by atoms with Crippen molar-refractivity contribution >= 4 is 5.82 Å². The van der Waals surface area contributed by atoms with E-state index in [9.17, 15) is 0 Å². The van der Waals surface area contributed by atoms with Gasteiger partial charge in [-0.15, -0.1) is 0 Å². The van der Waals surface area contributed by atoms with Crippen LogP contribution < -0.4 is 10.1 Å². The normalized spacial score (nSPS) is 10.4. The van der Waals surface area contributed by atoms with Crippen molar-refractivity contribution in [2.75, 3.05) is 19.0 Å². The zero-order valence-electron chi connectivity index (χ0n) is 12.5. The third-order valence-corrected chi connectivity index (χ3v) is 3.32. The van der Waals surface area contributed by atoms with Crippen LogP contribution in [-0.2, 0) is 0 Å². The highest BCUT2D eigenvalue weighted by Crippen LogP contribution is 2.29. The summed E-state index contributed by atoms with van der Waals surface area (Å²) in [5.41, 5.74) is 4.31. The minimum atomic E-state index is 0.863. The number of aryl methyl sites for hydroxylation is 1. The van der Waals surface area contributed by atoms with E-state index in [2.05, 4.69) is 36.1 Å². The first kappa shape index (κ1) is 14.3. The zero-order chi connectivity index (χ0) is 14.5. The molecule has 0 aliphatic heterocycles. The molecule has 2 rings (SSSR count). The molecule has 0 fully saturated rings. The second-order valence-electron chi connectivity index (χ2n) is 4.80. The van der Waals surface area contributed by atoms with Crippen molar-refractivity contribution < 1.29 is 4.74 Å². The maximum absolute atomic E-state index is 5.25. The molecular formula is C16H21N3O. The Morgan fingerprint density at radius 3 is 2.65 bits per heavy atom. The number of rotatable bonds is 5. The highest BCUT2D eigenvalue weighted by Gasteiger charge is 2.11. The lowest BCUT2D eigenvalue weighted by atomic mass is 10.0. The fourth-order valence-electron chi connectivity index (χ4n) is 2.17. The average Bonchev–Trinajstić information content (AvgIpc) is 2.46. The molecule has 0 radical (unpaired) electrons. The highest BCUT2D eigenvalue weighted by atomic mass is 16.5. The van der Waals surface area contributed by atoms with E-state index >= 15 is 0 Å². The molecule has 0 saturated carbocycles. The van der Waals surface area contributed by atoms with Crippen molar-refractivity contribution in [3.63, 3.8) is 0 Å². The SMILES string of the molecule is CCCNc1ncnc(-c2ccc(OC)cc2C)c1C. The molecule has 2 aromatic rings. The molecule has 1 aromatic heterocycles. The smallest absolute Gasteiger partial charge is 0.132 e. The Hall–Kier alpha value is -2.10. The zero-order valence-corrected chi connectivity index (χ0v) is 12.5. The second kappa shape index (κ2) is 6.37. The number of nitrogens with one attached hydrogen (secondary N) is 1. The van der Waals surface area contributed by atoms with Gasteiger partial charge in [0.2, 0.25) is 0 Å². The summed E-state index contributed by atoms with van der Waals surface area (Å²) in [5, 5.41) is 3.34. The monoisotopic (exact) mass is 271 g/mol. The summed E-state index contributed by atoms with van der Waals surface area (Å²) in [6.07, 6.45) is 2.68. The molecule has 0 bridgehead atoms. The number of ether oxygens (including phenoxy) is 1. The van der Waals surface area contributed by atoms with Gasteiger partial charge in [0.1, 0.15) is 17.9 Å². The minimum Gasteiger partial charge on any atom is -0.497 e. The lowest BCUT2D eigenvalue weighted by molar-refractivity contribution is 0.414. The Kier molecular flexibility index (Phi) is 4.56. The number of hydrogen-bond acceptors (Lipinski definition) is 4. The molecule has 1 N–H and O–H groups in total. The number of methoxy groups -OCH3 is 1. The second-order valence-corrected chi connectivity index (χ2v) is 4.80. The first-order valence-corrected chi connectivity index (χ1v) is 6.87. The maximum atomic E-state index is 5.25. The van der Waals surface area contributed by atoms with Gasteiger partial charge in [0, 0.05) is 17.7 Å². The van der Waals surface area contributed by atoms with Gasteiger partial charge in [0.25, 0.3) is 0 Å². The number of anilines is 1.